The molecule has 8 heteroatoms. The maximum absolute atomic E-state index is 13.0. The highest BCUT2D eigenvalue weighted by Gasteiger charge is 2.26. The summed E-state index contributed by atoms with van der Waals surface area (Å²) < 4.78 is 17.0. The molecule has 0 aromatic heterocycles. The standard InChI is InChI=1S/C19H27ClN2O5/c1-4-25-15-11-14(12-16(26-5-2)18(15)27-6-3)19(24)22-9-7-21(8-10-22)17(23)13-20/h11-12H,4-10,13H2,1-3H3. The van der Waals surface area contributed by atoms with Crippen molar-refractivity contribution in [3.05, 3.63) is 17.7 Å². The number of hydrogen-bond acceptors (Lipinski definition) is 5. The number of carbonyl (C=O) groups excluding carboxylic acids is 2. The minimum atomic E-state index is -0.127. The molecule has 27 heavy (non-hydrogen) atoms. The Hall–Kier alpha value is -2.15. The zero-order chi connectivity index (χ0) is 19.8. The molecule has 0 N–H and O–H groups in total. The molecule has 7 nitrogen and oxygen atoms in total. The topological polar surface area (TPSA) is 68.3 Å². The van der Waals surface area contributed by atoms with Crippen LogP contribution in [0.1, 0.15) is 31.1 Å². The highest BCUT2D eigenvalue weighted by molar-refractivity contribution is 6.27. The van der Waals surface area contributed by atoms with Crippen molar-refractivity contribution >= 4 is 23.4 Å². The molecule has 1 aliphatic heterocycles. The molecule has 2 amide bonds. The Morgan fingerprint density at radius 1 is 0.889 bits per heavy atom. The number of halogens is 1. The van der Waals surface area contributed by atoms with Crippen LogP contribution >= 0.6 is 11.6 Å². The van der Waals surface area contributed by atoms with Crippen molar-refractivity contribution in [2.45, 2.75) is 20.8 Å². The van der Waals surface area contributed by atoms with E-state index in [0.717, 1.165) is 0 Å². The number of nitrogens with zero attached hydrogens (tertiary/aromatic N) is 2. The zero-order valence-electron chi connectivity index (χ0n) is 16.1. The van der Waals surface area contributed by atoms with Crippen molar-refractivity contribution in [1.82, 2.24) is 9.80 Å². The van der Waals surface area contributed by atoms with Crippen LogP contribution in [0, 0.1) is 0 Å². The lowest BCUT2D eigenvalue weighted by atomic mass is 10.1. The quantitative estimate of drug-likeness (QED) is 0.629. The van der Waals surface area contributed by atoms with E-state index in [4.69, 9.17) is 25.8 Å². The summed E-state index contributed by atoms with van der Waals surface area (Å²) >= 11 is 5.60. The van der Waals surface area contributed by atoms with E-state index in [1.807, 2.05) is 20.8 Å². The Balaban J connectivity index is 2.23. The smallest absolute Gasteiger partial charge is 0.254 e. The average Bonchev–Trinajstić information content (AvgIpc) is 2.69. The molecule has 2 rings (SSSR count). The molecule has 1 aliphatic rings. The molecule has 0 aliphatic carbocycles. The number of ether oxygens (including phenoxy) is 3. The number of carbonyl (C=O) groups is 2. The van der Waals surface area contributed by atoms with Crippen LogP contribution in [-0.4, -0.2) is 73.5 Å². The van der Waals surface area contributed by atoms with Crippen LogP contribution in [0.2, 0.25) is 0 Å². The molecule has 1 heterocycles. The summed E-state index contributed by atoms with van der Waals surface area (Å²) in [6.07, 6.45) is 0. The van der Waals surface area contributed by atoms with E-state index in [2.05, 4.69) is 0 Å². The van der Waals surface area contributed by atoms with Gasteiger partial charge >= 0.3 is 0 Å². The van der Waals surface area contributed by atoms with Gasteiger partial charge in [0.25, 0.3) is 5.91 Å². The van der Waals surface area contributed by atoms with Crippen LogP contribution in [0.3, 0.4) is 0 Å². The molecular formula is C19H27ClN2O5. The number of alkyl halides is 1. The number of hydrogen-bond donors (Lipinski definition) is 0. The summed E-state index contributed by atoms with van der Waals surface area (Å²) in [6.45, 7) is 8.86. The first-order valence-electron chi connectivity index (χ1n) is 9.25. The molecule has 1 aromatic carbocycles. The normalized spacial score (nSPS) is 14.1. The Labute approximate surface area is 165 Å². The lowest BCUT2D eigenvalue weighted by Gasteiger charge is -2.34. The van der Waals surface area contributed by atoms with Crippen molar-refractivity contribution in [2.24, 2.45) is 0 Å². The van der Waals surface area contributed by atoms with Crippen molar-refractivity contribution in [2.75, 3.05) is 51.9 Å². The van der Waals surface area contributed by atoms with E-state index in [9.17, 15) is 9.59 Å². The van der Waals surface area contributed by atoms with E-state index in [-0.39, 0.29) is 17.7 Å². The molecule has 150 valence electrons. The van der Waals surface area contributed by atoms with Crippen LogP contribution in [0.5, 0.6) is 17.2 Å². The average molecular weight is 399 g/mol. The minimum Gasteiger partial charge on any atom is -0.490 e. The van der Waals surface area contributed by atoms with Gasteiger partial charge in [-0.2, -0.15) is 0 Å². The van der Waals surface area contributed by atoms with Crippen LogP contribution in [-0.2, 0) is 4.79 Å². The van der Waals surface area contributed by atoms with Gasteiger partial charge in [0.15, 0.2) is 11.5 Å². The maximum atomic E-state index is 13.0. The molecule has 0 radical (unpaired) electrons. The van der Waals surface area contributed by atoms with Gasteiger partial charge < -0.3 is 24.0 Å². The van der Waals surface area contributed by atoms with E-state index in [0.29, 0.717) is 68.8 Å². The highest BCUT2D eigenvalue weighted by Crippen LogP contribution is 2.39. The van der Waals surface area contributed by atoms with Crippen molar-refractivity contribution in [1.29, 1.82) is 0 Å². The van der Waals surface area contributed by atoms with Gasteiger partial charge in [-0.1, -0.05) is 0 Å². The zero-order valence-corrected chi connectivity index (χ0v) is 16.9. The molecule has 0 saturated carbocycles. The molecular weight excluding hydrogens is 372 g/mol. The van der Waals surface area contributed by atoms with Gasteiger partial charge in [-0.3, -0.25) is 9.59 Å². The van der Waals surface area contributed by atoms with Gasteiger partial charge in [-0.05, 0) is 32.9 Å². The summed E-state index contributed by atoms with van der Waals surface area (Å²) in [7, 11) is 0. The summed E-state index contributed by atoms with van der Waals surface area (Å²) in [4.78, 5) is 28.1. The summed E-state index contributed by atoms with van der Waals surface area (Å²) in [5, 5.41) is 0. The van der Waals surface area contributed by atoms with Crippen molar-refractivity contribution < 1.29 is 23.8 Å². The first-order chi connectivity index (χ1) is 13.0. The molecule has 1 saturated heterocycles. The Morgan fingerprint density at radius 2 is 1.37 bits per heavy atom. The third-order valence-electron chi connectivity index (χ3n) is 4.19. The van der Waals surface area contributed by atoms with Crippen LogP contribution < -0.4 is 14.2 Å². The van der Waals surface area contributed by atoms with E-state index < -0.39 is 0 Å². The molecule has 1 aromatic rings. The van der Waals surface area contributed by atoms with Gasteiger partial charge in [-0.25, -0.2) is 0 Å². The summed E-state index contributed by atoms with van der Waals surface area (Å²) in [6, 6.07) is 3.38. The first kappa shape index (κ1) is 21.2. The molecule has 0 unspecified atom stereocenters. The number of amides is 2. The van der Waals surface area contributed by atoms with E-state index in [1.54, 1.807) is 21.9 Å². The third kappa shape index (κ3) is 5.19. The molecule has 0 spiro atoms. The number of piperazine rings is 1. The van der Waals surface area contributed by atoms with Gasteiger partial charge in [0.05, 0.1) is 19.8 Å². The Morgan fingerprint density at radius 3 is 1.81 bits per heavy atom. The van der Waals surface area contributed by atoms with Crippen LogP contribution in [0.4, 0.5) is 0 Å². The second-order valence-electron chi connectivity index (χ2n) is 5.91. The van der Waals surface area contributed by atoms with Gasteiger partial charge in [0, 0.05) is 31.7 Å². The number of benzene rings is 1. The Bertz CT molecular complexity index is 632. The van der Waals surface area contributed by atoms with Gasteiger partial charge in [0.2, 0.25) is 11.7 Å². The molecule has 0 bridgehead atoms. The van der Waals surface area contributed by atoms with Crippen molar-refractivity contribution in [3.63, 3.8) is 0 Å². The Kier molecular flexibility index (Phi) is 8.03. The van der Waals surface area contributed by atoms with E-state index >= 15 is 0 Å². The summed E-state index contributed by atoms with van der Waals surface area (Å²) in [5.41, 5.74) is 0.475. The summed E-state index contributed by atoms with van der Waals surface area (Å²) in [5.74, 6) is 1.21. The van der Waals surface area contributed by atoms with Crippen LogP contribution in [0.25, 0.3) is 0 Å². The lowest BCUT2D eigenvalue weighted by Crippen LogP contribution is -2.51. The fourth-order valence-corrected chi connectivity index (χ4v) is 3.11. The van der Waals surface area contributed by atoms with Crippen molar-refractivity contribution in [3.8, 4) is 17.2 Å². The lowest BCUT2D eigenvalue weighted by molar-refractivity contribution is -0.129. The molecule has 0 atom stereocenters. The fraction of sp³-hybridized carbons (Fsp3) is 0.579. The second-order valence-corrected chi connectivity index (χ2v) is 6.17. The van der Waals surface area contributed by atoms with E-state index in [1.165, 1.54) is 0 Å². The largest absolute Gasteiger partial charge is 0.490 e. The van der Waals surface area contributed by atoms with Crippen LogP contribution in [0.15, 0.2) is 12.1 Å². The first-order valence-corrected chi connectivity index (χ1v) is 9.78. The highest BCUT2D eigenvalue weighted by atomic mass is 35.5. The SMILES string of the molecule is CCOc1cc(C(=O)N2CCN(C(=O)CCl)CC2)cc(OCC)c1OCC. The predicted octanol–water partition coefficient (Wildman–Crippen LogP) is 2.41. The minimum absolute atomic E-state index is 0.0394. The number of rotatable bonds is 8. The molecule has 1 fully saturated rings. The predicted molar refractivity (Wildman–Crippen MR) is 103 cm³/mol. The monoisotopic (exact) mass is 398 g/mol. The van der Waals surface area contributed by atoms with Gasteiger partial charge in [0.1, 0.15) is 5.88 Å². The maximum Gasteiger partial charge on any atom is 0.254 e. The van der Waals surface area contributed by atoms with Gasteiger partial charge in [-0.15, -0.1) is 11.6 Å². The third-order valence-corrected chi connectivity index (χ3v) is 4.42. The second kappa shape index (κ2) is 10.3. The fourth-order valence-electron chi connectivity index (χ4n) is 2.94.